The van der Waals surface area contributed by atoms with Gasteiger partial charge in [0.15, 0.2) is 5.72 Å². The summed E-state index contributed by atoms with van der Waals surface area (Å²) in [7, 11) is 6.03. The van der Waals surface area contributed by atoms with E-state index < -0.39 is 65.2 Å². The molecule has 1 aromatic rings. The molecule has 15 heteroatoms. The molecule has 0 saturated carbocycles. The zero-order chi connectivity index (χ0) is 40.6. The Bertz CT molecular complexity index is 1680. The Morgan fingerprint density at radius 1 is 1.22 bits per heavy atom. The van der Waals surface area contributed by atoms with Gasteiger partial charge in [0.1, 0.15) is 40.7 Å². The number of halogens is 1. The van der Waals surface area contributed by atoms with Crippen LogP contribution in [0.3, 0.4) is 0 Å². The number of thiol groups is 1. The molecule has 3 aliphatic rings. The number of nitrogens with one attached hydrogen (secondary N) is 1. The summed E-state index contributed by atoms with van der Waals surface area (Å²) in [5, 5.41) is 14.6. The van der Waals surface area contributed by atoms with E-state index in [0.29, 0.717) is 24.3 Å². The molecular weight excluding hydrogens is 738 g/mol. The number of amides is 3. The number of nitrogens with zero attached hydrogens (tertiary/aromatic N) is 2. The Morgan fingerprint density at radius 3 is 2.50 bits per heavy atom. The molecule has 3 amide bonds. The van der Waals surface area contributed by atoms with Crippen LogP contribution in [0.15, 0.2) is 35.9 Å². The standard InChI is InChI=1S/C39H56ClN3O10S/c1-22-13-12-14-27(50-11)39(48)21-29(52-35(47)41-39)37(5,6)34-38(7,53-34)28(51-33(46)23(2)42(8)30(44)15-16-36(3,4)54)20-31(45)43(9)25-18-24(17-22)19-26(49-10)32(25)40/h12-14,18-19,23,27-29,34,48,54H,15-17,20-21H2,1-11H3,(H,41,47)/b14-12+,22-13+/t23?,27-,28+,29+,34?,38+,39+/m1/s1. The summed E-state index contributed by atoms with van der Waals surface area (Å²) in [6.45, 7) is 12.7. The number of hydrogen-bond donors (Lipinski definition) is 3. The van der Waals surface area contributed by atoms with Gasteiger partial charge in [-0.3, -0.25) is 14.9 Å². The zero-order valence-electron chi connectivity index (χ0n) is 33.2. The van der Waals surface area contributed by atoms with Gasteiger partial charge in [0.25, 0.3) is 0 Å². The number of fused-ring (bicyclic) bond motifs is 5. The fraction of sp³-hybridized carbons (Fsp3) is 0.641. The number of hydrogen-bond acceptors (Lipinski definition) is 11. The molecule has 7 atom stereocenters. The summed E-state index contributed by atoms with van der Waals surface area (Å²) < 4.78 is 29.1. The third-order valence-corrected chi connectivity index (χ3v) is 11.4. The van der Waals surface area contributed by atoms with Crippen LogP contribution in [0.5, 0.6) is 5.75 Å². The van der Waals surface area contributed by atoms with Crippen LogP contribution >= 0.6 is 24.2 Å². The van der Waals surface area contributed by atoms with Gasteiger partial charge in [-0.15, -0.1) is 0 Å². The average Bonchev–Trinajstić information content (AvgIpc) is 3.80. The third kappa shape index (κ3) is 9.55. The number of likely N-dealkylation sites (N-methyl/N-ethyl adjacent to an activating group) is 1. The molecule has 2 fully saturated rings. The molecule has 0 aliphatic carbocycles. The highest BCUT2D eigenvalue weighted by atomic mass is 35.5. The van der Waals surface area contributed by atoms with Crippen molar-refractivity contribution < 1.29 is 48.0 Å². The summed E-state index contributed by atoms with van der Waals surface area (Å²) in [5.74, 6) is -1.06. The number of epoxide rings is 1. The van der Waals surface area contributed by atoms with Crippen LogP contribution in [0.1, 0.15) is 79.7 Å². The highest BCUT2D eigenvalue weighted by Gasteiger charge is 2.68. The Kier molecular flexibility index (Phi) is 13.2. The number of ether oxygens (including phenoxy) is 5. The summed E-state index contributed by atoms with van der Waals surface area (Å²) in [5.41, 5.74) is -1.97. The van der Waals surface area contributed by atoms with E-state index in [1.165, 1.54) is 31.1 Å². The highest BCUT2D eigenvalue weighted by Crippen LogP contribution is 2.54. The van der Waals surface area contributed by atoms with Crippen LogP contribution < -0.4 is 15.0 Å². The first-order chi connectivity index (χ1) is 25.0. The Balaban J connectivity index is 1.78. The van der Waals surface area contributed by atoms with Gasteiger partial charge in [-0.1, -0.05) is 63.1 Å². The lowest BCUT2D eigenvalue weighted by Gasteiger charge is -2.45. The summed E-state index contributed by atoms with van der Waals surface area (Å²) >= 11 is 11.3. The van der Waals surface area contributed by atoms with Crippen molar-refractivity contribution in [2.24, 2.45) is 5.41 Å². The molecular formula is C39H56ClN3O10S. The number of methoxy groups -OCH3 is 2. The number of anilines is 1. The third-order valence-electron chi connectivity index (χ3n) is 10.8. The number of aliphatic hydroxyl groups is 1. The Labute approximate surface area is 329 Å². The maximum atomic E-state index is 14.2. The van der Waals surface area contributed by atoms with Crippen LogP contribution in [0.25, 0.3) is 0 Å². The molecule has 0 aromatic heterocycles. The first kappa shape index (κ1) is 43.4. The second kappa shape index (κ2) is 16.4. The topological polar surface area (TPSA) is 156 Å². The summed E-state index contributed by atoms with van der Waals surface area (Å²) in [6, 6.07) is 2.59. The fourth-order valence-electron chi connectivity index (χ4n) is 7.10. The van der Waals surface area contributed by atoms with E-state index >= 15 is 0 Å². The van der Waals surface area contributed by atoms with Crippen molar-refractivity contribution >= 4 is 53.8 Å². The maximum Gasteiger partial charge on any atom is 0.409 e. The molecule has 13 nitrogen and oxygen atoms in total. The largest absolute Gasteiger partial charge is 0.495 e. The van der Waals surface area contributed by atoms with E-state index in [-0.39, 0.29) is 34.9 Å². The number of allylic oxidation sites excluding steroid dienone is 3. The van der Waals surface area contributed by atoms with E-state index in [1.807, 2.05) is 40.7 Å². The molecule has 3 heterocycles. The van der Waals surface area contributed by atoms with Crippen LogP contribution in [0.4, 0.5) is 10.5 Å². The zero-order valence-corrected chi connectivity index (χ0v) is 34.8. The van der Waals surface area contributed by atoms with Gasteiger partial charge in [-0.25, -0.2) is 9.59 Å². The maximum absolute atomic E-state index is 14.2. The molecule has 0 radical (unpaired) electrons. The van der Waals surface area contributed by atoms with Gasteiger partial charge in [-0.05, 0) is 51.3 Å². The van der Waals surface area contributed by atoms with Crippen molar-refractivity contribution in [2.45, 2.75) is 127 Å². The molecule has 2 unspecified atom stereocenters. The molecule has 4 rings (SSSR count). The lowest BCUT2D eigenvalue weighted by Crippen LogP contribution is -2.65. The van der Waals surface area contributed by atoms with Crippen molar-refractivity contribution in [2.75, 3.05) is 33.2 Å². The molecule has 300 valence electrons. The van der Waals surface area contributed by atoms with E-state index in [4.69, 9.17) is 35.3 Å². The molecule has 2 N–H and O–H groups in total. The van der Waals surface area contributed by atoms with E-state index in [1.54, 1.807) is 45.2 Å². The summed E-state index contributed by atoms with van der Waals surface area (Å²) in [4.78, 5) is 56.8. The van der Waals surface area contributed by atoms with Gasteiger partial charge in [-0.2, -0.15) is 12.6 Å². The summed E-state index contributed by atoms with van der Waals surface area (Å²) in [6.07, 6.45) is 1.42. The fourth-order valence-corrected chi connectivity index (χ4v) is 7.52. The lowest BCUT2D eigenvalue weighted by molar-refractivity contribution is -0.162. The van der Waals surface area contributed by atoms with Crippen molar-refractivity contribution in [1.82, 2.24) is 10.2 Å². The first-order valence-corrected chi connectivity index (χ1v) is 18.9. The van der Waals surface area contributed by atoms with Crippen molar-refractivity contribution in [3.05, 3.63) is 46.5 Å². The Hall–Kier alpha value is -3.30. The first-order valence-electron chi connectivity index (χ1n) is 18.0. The average molecular weight is 794 g/mol. The van der Waals surface area contributed by atoms with Gasteiger partial charge < -0.3 is 38.6 Å². The molecule has 0 spiro atoms. The second-order valence-electron chi connectivity index (χ2n) is 16.1. The predicted molar refractivity (Wildman–Crippen MR) is 208 cm³/mol. The number of alkyl carbamates (subject to hydrolysis) is 1. The Morgan fingerprint density at radius 2 is 1.89 bits per heavy atom. The number of rotatable bonds is 8. The van der Waals surface area contributed by atoms with Crippen molar-refractivity contribution in [1.29, 1.82) is 0 Å². The van der Waals surface area contributed by atoms with Gasteiger partial charge >= 0.3 is 12.1 Å². The minimum atomic E-state index is -1.85. The quantitative estimate of drug-likeness (QED) is 0.177. The SMILES string of the molecule is COc1cc2cc(c1Cl)N(C)C(=O)C[C@H](OC(=O)C(C)N(C)C(=O)CCC(C)(C)S)[C@]1(C)OC1C(C)(C)[C@@H]1C[C@@](O)(NC(=O)O1)[C@H](OC)/C=C/C=C(\C)C2. The minimum absolute atomic E-state index is 0.0729. The van der Waals surface area contributed by atoms with Crippen LogP contribution in [-0.4, -0.2) is 109 Å². The molecule has 54 heavy (non-hydrogen) atoms. The van der Waals surface area contributed by atoms with Crippen LogP contribution in [0.2, 0.25) is 5.02 Å². The second-order valence-corrected chi connectivity index (χ2v) is 17.7. The molecule has 4 bridgehead atoms. The van der Waals surface area contributed by atoms with E-state index in [9.17, 15) is 24.3 Å². The van der Waals surface area contributed by atoms with E-state index in [0.717, 1.165) is 11.1 Å². The molecule has 2 saturated heterocycles. The molecule has 3 aliphatic heterocycles. The lowest BCUT2D eigenvalue weighted by atomic mass is 9.73. The highest BCUT2D eigenvalue weighted by molar-refractivity contribution is 7.81. The van der Waals surface area contributed by atoms with Crippen LogP contribution in [-0.2, 0) is 39.8 Å². The van der Waals surface area contributed by atoms with Crippen molar-refractivity contribution in [3.8, 4) is 5.75 Å². The van der Waals surface area contributed by atoms with Crippen molar-refractivity contribution in [3.63, 3.8) is 0 Å². The number of esters is 1. The van der Waals surface area contributed by atoms with Crippen LogP contribution in [0, 0.1) is 5.41 Å². The van der Waals surface area contributed by atoms with Gasteiger partial charge in [0.05, 0.1) is 25.3 Å². The van der Waals surface area contributed by atoms with Gasteiger partial charge in [0.2, 0.25) is 11.8 Å². The minimum Gasteiger partial charge on any atom is -0.495 e. The normalized spacial score (nSPS) is 30.8. The molecule has 1 aromatic carbocycles. The number of benzene rings is 1. The number of carbonyl (C=O) groups is 4. The van der Waals surface area contributed by atoms with Gasteiger partial charge in [0, 0.05) is 44.2 Å². The number of carbonyl (C=O) groups excluding carboxylic acids is 4. The smallest absolute Gasteiger partial charge is 0.409 e. The monoisotopic (exact) mass is 793 g/mol. The predicted octanol–water partition coefficient (Wildman–Crippen LogP) is 5.39. The van der Waals surface area contributed by atoms with E-state index in [2.05, 4.69) is 17.9 Å².